The average molecular weight is 426 g/mol. The molecule has 30 heavy (non-hydrogen) atoms. The molecule has 0 saturated carbocycles. The van der Waals surface area contributed by atoms with Crippen LogP contribution in [0.2, 0.25) is 0 Å². The van der Waals surface area contributed by atoms with Crippen LogP contribution in [-0.2, 0) is 0 Å². The molecular weight excluding hydrogens is 398 g/mol. The first kappa shape index (κ1) is 21.0. The van der Waals surface area contributed by atoms with Gasteiger partial charge in [-0.25, -0.2) is 0 Å². The van der Waals surface area contributed by atoms with Gasteiger partial charge in [0.15, 0.2) is 0 Å². The molecular formula is C28H28P2. The molecule has 0 heterocycles. The van der Waals surface area contributed by atoms with E-state index < -0.39 is 15.8 Å². The van der Waals surface area contributed by atoms with E-state index in [0.29, 0.717) is 5.66 Å². The van der Waals surface area contributed by atoms with Crippen molar-refractivity contribution in [3.8, 4) is 0 Å². The molecule has 0 fully saturated rings. The van der Waals surface area contributed by atoms with E-state index in [9.17, 15) is 0 Å². The highest BCUT2D eigenvalue weighted by Crippen LogP contribution is 2.47. The third-order valence-electron chi connectivity index (χ3n) is 5.43. The Kier molecular flexibility index (Phi) is 7.47. The molecule has 2 heteroatoms. The quantitative estimate of drug-likeness (QED) is 0.302. The van der Waals surface area contributed by atoms with E-state index in [0.717, 1.165) is 0 Å². The molecule has 1 unspecified atom stereocenters. The summed E-state index contributed by atoms with van der Waals surface area (Å²) in [5.74, 6) is 0. The second-order valence-corrected chi connectivity index (χ2v) is 12.1. The van der Waals surface area contributed by atoms with E-state index in [2.05, 4.69) is 128 Å². The van der Waals surface area contributed by atoms with Crippen LogP contribution in [0, 0.1) is 0 Å². The van der Waals surface area contributed by atoms with Gasteiger partial charge in [0.25, 0.3) is 0 Å². The Labute approximate surface area is 183 Å². The first-order valence-electron chi connectivity index (χ1n) is 10.6. The Hall–Kier alpha value is -2.26. The van der Waals surface area contributed by atoms with Crippen molar-refractivity contribution in [2.45, 2.75) is 19.0 Å². The van der Waals surface area contributed by atoms with Gasteiger partial charge in [-0.3, -0.25) is 0 Å². The van der Waals surface area contributed by atoms with Crippen molar-refractivity contribution in [2.75, 3.05) is 6.16 Å². The summed E-state index contributed by atoms with van der Waals surface area (Å²) in [6.45, 7) is 2.37. The lowest BCUT2D eigenvalue weighted by atomic mass is 10.3. The molecule has 150 valence electrons. The summed E-state index contributed by atoms with van der Waals surface area (Å²) < 4.78 is 0. The molecule has 4 aromatic carbocycles. The van der Waals surface area contributed by atoms with E-state index in [1.807, 2.05) is 0 Å². The van der Waals surface area contributed by atoms with Gasteiger partial charge in [0.1, 0.15) is 0 Å². The van der Waals surface area contributed by atoms with Crippen molar-refractivity contribution in [1.29, 1.82) is 0 Å². The fraction of sp³-hybridized carbons (Fsp3) is 0.143. The third-order valence-corrected chi connectivity index (χ3v) is 11.4. The molecule has 0 aliphatic heterocycles. The van der Waals surface area contributed by atoms with Gasteiger partial charge in [0.05, 0.1) is 0 Å². The van der Waals surface area contributed by atoms with Crippen molar-refractivity contribution in [3.63, 3.8) is 0 Å². The molecule has 0 aliphatic rings. The van der Waals surface area contributed by atoms with Crippen LogP contribution in [0.4, 0.5) is 0 Å². The van der Waals surface area contributed by atoms with Crippen LogP contribution in [0.5, 0.6) is 0 Å². The lowest BCUT2D eigenvalue weighted by Crippen LogP contribution is -2.27. The van der Waals surface area contributed by atoms with Gasteiger partial charge in [0, 0.05) is 0 Å². The maximum Gasteiger partial charge on any atom is -0.00861 e. The smallest absolute Gasteiger partial charge is 0.00861 e. The molecule has 0 amide bonds. The van der Waals surface area contributed by atoms with Crippen LogP contribution in [0.15, 0.2) is 121 Å². The molecule has 0 aliphatic carbocycles. The van der Waals surface area contributed by atoms with Crippen LogP contribution in [0.25, 0.3) is 0 Å². The lowest BCUT2D eigenvalue weighted by molar-refractivity contribution is 0.906. The standard InChI is InChI=1S/C28H28P2/c1-2-24(30(27-19-11-5-12-20-27)28-21-13-6-14-22-28)23-29(25-15-7-3-8-16-25)26-17-9-4-10-18-26/h3-22,24H,2,23H2,1H3. The van der Waals surface area contributed by atoms with E-state index in [-0.39, 0.29) is 0 Å². The lowest BCUT2D eigenvalue weighted by Gasteiger charge is -2.31. The maximum atomic E-state index is 2.37. The topological polar surface area (TPSA) is 0 Å². The summed E-state index contributed by atoms with van der Waals surface area (Å²) in [4.78, 5) is 0. The average Bonchev–Trinajstić information content (AvgIpc) is 2.84. The molecule has 0 spiro atoms. The highest BCUT2D eigenvalue weighted by atomic mass is 31.1. The third kappa shape index (κ3) is 5.07. The molecule has 4 aromatic rings. The zero-order valence-corrected chi connectivity index (χ0v) is 19.2. The van der Waals surface area contributed by atoms with Crippen LogP contribution in [0.3, 0.4) is 0 Å². The molecule has 0 nitrogen and oxygen atoms in total. The first-order valence-corrected chi connectivity index (χ1v) is 13.6. The van der Waals surface area contributed by atoms with Gasteiger partial charge in [0.2, 0.25) is 0 Å². The Morgan fingerprint density at radius 3 is 1.17 bits per heavy atom. The molecule has 0 bridgehead atoms. The predicted octanol–water partition coefficient (Wildman–Crippen LogP) is 6.03. The SMILES string of the molecule is CCC(CP(c1ccccc1)c1ccccc1)P(c1ccccc1)c1ccccc1. The molecule has 4 rings (SSSR count). The summed E-state index contributed by atoms with van der Waals surface area (Å²) in [7, 11) is -0.804. The number of hydrogen-bond acceptors (Lipinski definition) is 0. The maximum absolute atomic E-state index is 2.37. The van der Waals surface area contributed by atoms with Crippen molar-refractivity contribution in [3.05, 3.63) is 121 Å². The van der Waals surface area contributed by atoms with E-state index >= 15 is 0 Å². The zero-order valence-electron chi connectivity index (χ0n) is 17.4. The Bertz CT molecular complexity index is 922. The number of benzene rings is 4. The minimum Gasteiger partial charge on any atom is -0.0647 e. The minimum atomic E-state index is -0.411. The number of hydrogen-bond donors (Lipinski definition) is 0. The Morgan fingerprint density at radius 2 is 0.833 bits per heavy atom. The Morgan fingerprint density at radius 1 is 0.500 bits per heavy atom. The van der Waals surface area contributed by atoms with Gasteiger partial charge < -0.3 is 0 Å². The highest BCUT2D eigenvalue weighted by molar-refractivity contribution is 7.77. The number of rotatable bonds is 8. The largest absolute Gasteiger partial charge is 0.0647 e. The van der Waals surface area contributed by atoms with Gasteiger partial charge >= 0.3 is 0 Å². The van der Waals surface area contributed by atoms with Crippen LogP contribution in [0.1, 0.15) is 13.3 Å². The second-order valence-electron chi connectivity index (χ2n) is 7.38. The van der Waals surface area contributed by atoms with Crippen molar-refractivity contribution in [1.82, 2.24) is 0 Å². The summed E-state index contributed by atoms with van der Waals surface area (Å²) in [5.41, 5.74) is 0.635. The summed E-state index contributed by atoms with van der Waals surface area (Å²) in [6.07, 6.45) is 2.41. The van der Waals surface area contributed by atoms with Gasteiger partial charge in [-0.05, 0) is 55.3 Å². The molecule has 1 atom stereocenters. The monoisotopic (exact) mass is 426 g/mol. The van der Waals surface area contributed by atoms with E-state index in [1.54, 1.807) is 0 Å². The van der Waals surface area contributed by atoms with Crippen LogP contribution < -0.4 is 21.2 Å². The van der Waals surface area contributed by atoms with Crippen LogP contribution in [-0.4, -0.2) is 11.8 Å². The predicted molar refractivity (Wildman–Crippen MR) is 137 cm³/mol. The molecule has 0 N–H and O–H groups in total. The summed E-state index contributed by atoms with van der Waals surface area (Å²) in [6, 6.07) is 44.6. The Balaban J connectivity index is 1.74. The van der Waals surface area contributed by atoms with E-state index in [4.69, 9.17) is 0 Å². The normalized spacial score (nSPS) is 12.2. The molecule has 0 saturated heterocycles. The van der Waals surface area contributed by atoms with Crippen molar-refractivity contribution in [2.24, 2.45) is 0 Å². The first-order chi connectivity index (χ1) is 14.9. The highest BCUT2D eigenvalue weighted by Gasteiger charge is 2.27. The van der Waals surface area contributed by atoms with E-state index in [1.165, 1.54) is 33.8 Å². The molecule has 0 radical (unpaired) electrons. The van der Waals surface area contributed by atoms with Crippen molar-refractivity contribution < 1.29 is 0 Å². The fourth-order valence-corrected chi connectivity index (χ4v) is 10.0. The summed E-state index contributed by atoms with van der Waals surface area (Å²) in [5, 5.41) is 5.93. The zero-order chi connectivity index (χ0) is 20.6. The fourth-order valence-electron chi connectivity index (χ4n) is 3.93. The van der Waals surface area contributed by atoms with Crippen LogP contribution >= 0.6 is 15.8 Å². The van der Waals surface area contributed by atoms with Gasteiger partial charge in [-0.15, -0.1) is 0 Å². The minimum absolute atomic E-state index is 0.393. The molecule has 0 aromatic heterocycles. The van der Waals surface area contributed by atoms with Gasteiger partial charge in [-0.1, -0.05) is 128 Å². The second kappa shape index (κ2) is 10.7. The summed E-state index contributed by atoms with van der Waals surface area (Å²) >= 11 is 0. The van der Waals surface area contributed by atoms with Gasteiger partial charge in [-0.2, -0.15) is 0 Å². The van der Waals surface area contributed by atoms with Crippen molar-refractivity contribution >= 4 is 37.1 Å².